The van der Waals surface area contributed by atoms with E-state index >= 15 is 0 Å². The van der Waals surface area contributed by atoms with Crippen LogP contribution in [0.4, 0.5) is 0 Å². The molecule has 0 aliphatic heterocycles. The fourth-order valence-electron chi connectivity index (χ4n) is 7.79. The molecule has 7 rings (SSSR count). The van der Waals surface area contributed by atoms with Crippen LogP contribution in [0.15, 0.2) is 76.8 Å². The molecule has 3 aromatic rings. The third-order valence-electron chi connectivity index (χ3n) is 9.13. The summed E-state index contributed by atoms with van der Waals surface area (Å²) < 4.78 is 7.53. The van der Waals surface area contributed by atoms with Crippen LogP contribution in [0.1, 0.15) is 68.6 Å². The smallest absolute Gasteiger partial charge is 0.331 e. The summed E-state index contributed by atoms with van der Waals surface area (Å²) in [6.45, 7) is 2.45. The molecule has 196 valence electrons. The fourth-order valence-corrected chi connectivity index (χ4v) is 8.41. The van der Waals surface area contributed by atoms with Crippen molar-refractivity contribution in [2.24, 2.45) is 17.8 Å². The molecule has 0 radical (unpaired) electrons. The molecule has 4 fully saturated rings. The van der Waals surface area contributed by atoms with Crippen molar-refractivity contribution in [1.82, 2.24) is 0 Å². The summed E-state index contributed by atoms with van der Waals surface area (Å²) in [5.74, 6) is 2.73. The highest BCUT2D eigenvalue weighted by Gasteiger charge is 2.52. The van der Waals surface area contributed by atoms with E-state index in [4.69, 9.17) is 4.74 Å². The van der Waals surface area contributed by atoms with E-state index in [1.165, 1.54) is 55.2 Å². The van der Waals surface area contributed by atoms with Crippen LogP contribution in [-0.2, 0) is 16.8 Å². The topological polar surface area (TPSA) is 46.5 Å². The summed E-state index contributed by atoms with van der Waals surface area (Å²) in [5.41, 5.74) is 6.39. The molecule has 4 aliphatic rings. The number of carbonyl (C=O) groups is 1. The van der Waals surface area contributed by atoms with Gasteiger partial charge in [0.05, 0.1) is 0 Å². The third kappa shape index (κ3) is 4.96. The minimum atomic E-state index is -0.862. The molecule has 4 aliphatic carbocycles. The first kappa shape index (κ1) is 25.4. The molecule has 0 unspecified atom stereocenters. The van der Waals surface area contributed by atoms with Crippen molar-refractivity contribution in [3.63, 3.8) is 0 Å². The maximum absolute atomic E-state index is 11.5. The minimum absolute atomic E-state index is 0.212. The van der Waals surface area contributed by atoms with Gasteiger partial charge in [-0.1, -0.05) is 71.4 Å². The molecular weight excluding hydrogens is 536 g/mol. The molecule has 3 nitrogen and oxygen atoms in total. The SMILES string of the molecule is CCC(=Cc1ccc(-c2ccc(OCc3ccccc3)c(C34CC5CC(CC(C5)C3)C4)c2)c(Br)c1)C(=O)O. The van der Waals surface area contributed by atoms with Crippen molar-refractivity contribution in [3.8, 4) is 16.9 Å². The Balaban J connectivity index is 1.38. The van der Waals surface area contributed by atoms with Crippen molar-refractivity contribution in [2.75, 3.05) is 0 Å². The highest BCUT2D eigenvalue weighted by Crippen LogP contribution is 2.62. The Kier molecular flexibility index (Phi) is 6.94. The first-order valence-electron chi connectivity index (χ1n) is 14.0. The minimum Gasteiger partial charge on any atom is -0.489 e. The van der Waals surface area contributed by atoms with Crippen LogP contribution in [0, 0.1) is 17.8 Å². The van der Waals surface area contributed by atoms with Gasteiger partial charge >= 0.3 is 5.97 Å². The molecule has 0 atom stereocenters. The van der Waals surface area contributed by atoms with E-state index in [1.807, 2.05) is 25.1 Å². The van der Waals surface area contributed by atoms with E-state index in [0.29, 0.717) is 18.6 Å². The second-order valence-electron chi connectivity index (χ2n) is 11.8. The number of carboxylic acid groups (broad SMARTS) is 1. The van der Waals surface area contributed by atoms with Crippen LogP contribution in [0.3, 0.4) is 0 Å². The van der Waals surface area contributed by atoms with Crippen molar-refractivity contribution in [3.05, 3.63) is 93.5 Å². The van der Waals surface area contributed by atoms with Gasteiger partial charge in [-0.25, -0.2) is 4.79 Å². The molecule has 0 spiro atoms. The first-order valence-corrected chi connectivity index (χ1v) is 14.8. The molecule has 1 N–H and O–H groups in total. The lowest BCUT2D eigenvalue weighted by Gasteiger charge is -2.57. The summed E-state index contributed by atoms with van der Waals surface area (Å²) in [6, 6.07) is 23.3. The quantitative estimate of drug-likeness (QED) is 0.275. The highest BCUT2D eigenvalue weighted by molar-refractivity contribution is 9.10. The lowest BCUT2D eigenvalue weighted by molar-refractivity contribution is -0.132. The van der Waals surface area contributed by atoms with E-state index in [1.54, 1.807) is 6.08 Å². The zero-order valence-corrected chi connectivity index (χ0v) is 23.5. The van der Waals surface area contributed by atoms with Crippen LogP contribution >= 0.6 is 15.9 Å². The maximum Gasteiger partial charge on any atom is 0.331 e. The second-order valence-corrected chi connectivity index (χ2v) is 12.6. The van der Waals surface area contributed by atoms with Gasteiger partial charge in [-0.05, 0) is 115 Å². The number of hydrogen-bond acceptors (Lipinski definition) is 2. The first-order chi connectivity index (χ1) is 18.4. The highest BCUT2D eigenvalue weighted by atomic mass is 79.9. The van der Waals surface area contributed by atoms with Crippen molar-refractivity contribution >= 4 is 28.0 Å². The van der Waals surface area contributed by atoms with Crippen LogP contribution in [0.25, 0.3) is 17.2 Å². The van der Waals surface area contributed by atoms with Gasteiger partial charge < -0.3 is 9.84 Å². The van der Waals surface area contributed by atoms with Gasteiger partial charge in [-0.15, -0.1) is 0 Å². The zero-order chi connectivity index (χ0) is 26.3. The normalized spacial score (nSPS) is 25.9. The third-order valence-corrected chi connectivity index (χ3v) is 9.78. The monoisotopic (exact) mass is 570 g/mol. The van der Waals surface area contributed by atoms with Crippen molar-refractivity contribution < 1.29 is 14.6 Å². The van der Waals surface area contributed by atoms with Gasteiger partial charge in [-0.2, -0.15) is 0 Å². The summed E-state index contributed by atoms with van der Waals surface area (Å²) in [5, 5.41) is 9.43. The largest absolute Gasteiger partial charge is 0.489 e. The number of ether oxygens (including phenoxy) is 1. The Hall–Kier alpha value is -2.85. The van der Waals surface area contributed by atoms with E-state index < -0.39 is 5.97 Å². The molecule has 4 heteroatoms. The molecule has 0 aromatic heterocycles. The molecule has 4 bridgehead atoms. The Morgan fingerprint density at radius 2 is 1.66 bits per heavy atom. The van der Waals surface area contributed by atoms with E-state index in [9.17, 15) is 9.90 Å². The van der Waals surface area contributed by atoms with E-state index in [2.05, 4.69) is 64.5 Å². The second kappa shape index (κ2) is 10.4. The zero-order valence-electron chi connectivity index (χ0n) is 22.0. The Morgan fingerprint density at radius 1 is 0.974 bits per heavy atom. The fraction of sp³-hybridized carbons (Fsp3) is 0.382. The van der Waals surface area contributed by atoms with Gasteiger partial charge in [0.25, 0.3) is 0 Å². The number of carboxylic acids is 1. The van der Waals surface area contributed by atoms with Gasteiger partial charge in [0.1, 0.15) is 12.4 Å². The number of rotatable bonds is 8. The number of aliphatic carboxylic acids is 1. The molecule has 0 heterocycles. The average molecular weight is 572 g/mol. The maximum atomic E-state index is 11.5. The van der Waals surface area contributed by atoms with Crippen molar-refractivity contribution in [1.29, 1.82) is 0 Å². The molecule has 3 aromatic carbocycles. The van der Waals surface area contributed by atoms with E-state index in [-0.39, 0.29) is 5.41 Å². The van der Waals surface area contributed by atoms with Crippen LogP contribution < -0.4 is 4.74 Å². The standard InChI is InChI=1S/C34H35BrO3/c1-2-27(33(36)37)15-23-8-10-29(31(35)16-23)28-9-11-32(38-21-22-6-4-3-5-7-22)30(17-28)34-18-24-12-25(19-34)14-26(13-24)20-34/h3-11,15-17,24-26H,2,12-14,18-21H2,1H3,(H,36,37). The summed E-state index contributed by atoms with van der Waals surface area (Å²) in [4.78, 5) is 11.5. The summed E-state index contributed by atoms with van der Waals surface area (Å²) in [7, 11) is 0. The van der Waals surface area contributed by atoms with Crippen LogP contribution in [0.2, 0.25) is 0 Å². The van der Waals surface area contributed by atoms with Gasteiger partial charge in [-0.3, -0.25) is 0 Å². The number of halogens is 1. The predicted octanol–water partition coefficient (Wildman–Crippen LogP) is 9.04. The van der Waals surface area contributed by atoms with Crippen LogP contribution in [-0.4, -0.2) is 11.1 Å². The molecule has 4 saturated carbocycles. The Morgan fingerprint density at radius 3 is 2.26 bits per heavy atom. The number of benzene rings is 3. The molecule has 0 amide bonds. The van der Waals surface area contributed by atoms with Crippen LogP contribution in [0.5, 0.6) is 5.75 Å². The van der Waals surface area contributed by atoms with Gasteiger partial charge in [0.15, 0.2) is 0 Å². The average Bonchev–Trinajstić information content (AvgIpc) is 2.90. The van der Waals surface area contributed by atoms with Gasteiger partial charge in [0.2, 0.25) is 0 Å². The number of hydrogen-bond donors (Lipinski definition) is 1. The Labute approximate surface area is 234 Å². The lowest BCUT2D eigenvalue weighted by Crippen LogP contribution is -2.48. The lowest BCUT2D eigenvalue weighted by atomic mass is 9.48. The summed E-state index contributed by atoms with van der Waals surface area (Å²) >= 11 is 3.79. The molecule has 38 heavy (non-hydrogen) atoms. The van der Waals surface area contributed by atoms with Crippen molar-refractivity contribution in [2.45, 2.75) is 63.9 Å². The predicted molar refractivity (Wildman–Crippen MR) is 156 cm³/mol. The van der Waals surface area contributed by atoms with Gasteiger partial charge in [0, 0.05) is 15.6 Å². The molecule has 0 saturated heterocycles. The van der Waals surface area contributed by atoms with E-state index in [0.717, 1.165) is 39.1 Å². The Bertz CT molecular complexity index is 1340. The molecular formula is C34H35BrO3. The summed E-state index contributed by atoms with van der Waals surface area (Å²) in [6.07, 6.45) is 10.3.